The van der Waals surface area contributed by atoms with Gasteiger partial charge in [0, 0.05) is 27.7 Å². The maximum Gasteiger partial charge on any atom is 0.0726 e. The predicted molar refractivity (Wildman–Crippen MR) is 237 cm³/mol. The number of benzene rings is 9. The summed E-state index contributed by atoms with van der Waals surface area (Å²) >= 11 is 0. The van der Waals surface area contributed by atoms with Crippen molar-refractivity contribution in [1.82, 2.24) is 4.57 Å². The monoisotopic (exact) mass is 724 g/mol. The van der Waals surface area contributed by atoms with Crippen LogP contribution in [0.4, 0.5) is 17.1 Å². The van der Waals surface area contributed by atoms with Gasteiger partial charge in [-0.1, -0.05) is 170 Å². The van der Waals surface area contributed by atoms with Crippen molar-refractivity contribution in [2.45, 2.75) is 5.41 Å². The van der Waals surface area contributed by atoms with Gasteiger partial charge in [-0.3, -0.25) is 0 Å². The van der Waals surface area contributed by atoms with E-state index in [-0.39, 0.29) is 0 Å². The topological polar surface area (TPSA) is 8.17 Å². The Balaban J connectivity index is 1.19. The zero-order chi connectivity index (χ0) is 37.5. The molecule has 10 aromatic rings. The smallest absolute Gasteiger partial charge is 0.0726 e. The van der Waals surface area contributed by atoms with Gasteiger partial charge >= 0.3 is 0 Å². The number of hydrogen-bond acceptors (Lipinski definition) is 1. The lowest BCUT2D eigenvalue weighted by Crippen LogP contribution is -2.26. The molecule has 1 heterocycles. The van der Waals surface area contributed by atoms with Gasteiger partial charge in [0.05, 0.1) is 27.8 Å². The van der Waals surface area contributed by atoms with Gasteiger partial charge in [-0.05, 0) is 98.6 Å². The fourth-order valence-corrected chi connectivity index (χ4v) is 10.2. The SMILES string of the molecule is c1ccc(-c2ccccc2N(c2ccc3c(c2)C2(c4ccccc4-c4ccccc42)c2ccccc2-3)c2cccc3c2c2ccccc2n3-c2ccccc2)cc1. The van der Waals surface area contributed by atoms with Crippen molar-refractivity contribution in [2.24, 2.45) is 0 Å². The molecule has 2 aliphatic rings. The summed E-state index contributed by atoms with van der Waals surface area (Å²) in [5, 5.41) is 2.44. The van der Waals surface area contributed by atoms with Crippen LogP contribution in [0.1, 0.15) is 22.3 Å². The van der Waals surface area contributed by atoms with Gasteiger partial charge in [0.2, 0.25) is 0 Å². The second-order valence-electron chi connectivity index (χ2n) is 15.2. The van der Waals surface area contributed by atoms with Crippen LogP contribution in [0.5, 0.6) is 0 Å². The maximum atomic E-state index is 2.52. The minimum Gasteiger partial charge on any atom is -0.309 e. The van der Waals surface area contributed by atoms with Crippen LogP contribution in [0.25, 0.3) is 60.9 Å². The molecule has 1 aromatic heterocycles. The van der Waals surface area contributed by atoms with E-state index in [0.29, 0.717) is 0 Å². The van der Waals surface area contributed by atoms with E-state index < -0.39 is 5.41 Å². The lowest BCUT2D eigenvalue weighted by atomic mass is 9.70. The molecule has 0 amide bonds. The first-order chi connectivity index (χ1) is 28.3. The average molecular weight is 725 g/mol. The quantitative estimate of drug-likeness (QED) is 0.172. The molecule has 0 unspecified atom stereocenters. The third kappa shape index (κ3) is 4.41. The molecule has 9 aromatic carbocycles. The van der Waals surface area contributed by atoms with Gasteiger partial charge in [-0.15, -0.1) is 0 Å². The highest BCUT2D eigenvalue weighted by Crippen LogP contribution is 2.63. The molecule has 12 rings (SSSR count). The van der Waals surface area contributed by atoms with Gasteiger partial charge in [0.15, 0.2) is 0 Å². The molecule has 2 heteroatoms. The van der Waals surface area contributed by atoms with Crippen molar-refractivity contribution in [3.05, 3.63) is 241 Å². The Morgan fingerprint density at radius 2 is 0.860 bits per heavy atom. The normalized spacial score (nSPS) is 13.1. The van der Waals surface area contributed by atoms with E-state index in [1.807, 2.05) is 0 Å². The van der Waals surface area contributed by atoms with Gasteiger partial charge < -0.3 is 9.47 Å². The van der Waals surface area contributed by atoms with Crippen LogP contribution >= 0.6 is 0 Å². The lowest BCUT2D eigenvalue weighted by Gasteiger charge is -2.33. The third-order valence-electron chi connectivity index (χ3n) is 12.4. The minimum atomic E-state index is -0.449. The molecule has 0 atom stereocenters. The Morgan fingerprint density at radius 3 is 1.54 bits per heavy atom. The summed E-state index contributed by atoms with van der Waals surface area (Å²) in [7, 11) is 0. The summed E-state index contributed by atoms with van der Waals surface area (Å²) in [4.78, 5) is 2.52. The van der Waals surface area contributed by atoms with Crippen molar-refractivity contribution in [2.75, 3.05) is 4.90 Å². The van der Waals surface area contributed by atoms with Gasteiger partial charge in [-0.25, -0.2) is 0 Å². The van der Waals surface area contributed by atoms with Crippen LogP contribution in [-0.4, -0.2) is 4.57 Å². The van der Waals surface area contributed by atoms with Crippen molar-refractivity contribution in [1.29, 1.82) is 0 Å². The van der Waals surface area contributed by atoms with Crippen LogP contribution in [0, 0.1) is 0 Å². The number of anilines is 3. The minimum absolute atomic E-state index is 0.449. The molecular weight excluding hydrogens is 689 g/mol. The summed E-state index contributed by atoms with van der Waals surface area (Å²) in [6.07, 6.45) is 0. The molecule has 0 radical (unpaired) electrons. The molecule has 57 heavy (non-hydrogen) atoms. The van der Waals surface area contributed by atoms with Crippen molar-refractivity contribution < 1.29 is 0 Å². The van der Waals surface area contributed by atoms with E-state index in [2.05, 4.69) is 228 Å². The molecular formula is C55H36N2. The molecule has 266 valence electrons. The Labute approximate surface area is 332 Å². The highest BCUT2D eigenvalue weighted by Gasteiger charge is 2.51. The van der Waals surface area contributed by atoms with Gasteiger partial charge in [0.25, 0.3) is 0 Å². The van der Waals surface area contributed by atoms with E-state index in [1.54, 1.807) is 0 Å². The standard InChI is InChI=1S/C55H36N2/c1-3-18-37(19-4-1)40-22-10-15-30-50(40)57(53-33-17-32-52-54(53)45-26-11-16-31-51(45)56(52)38-20-5-2-6-21-38)39-34-35-44-43-25-9-14-29-48(43)55(49(44)36-39)46-27-12-7-23-41(46)42-24-8-13-28-47(42)55/h1-36H. The number of para-hydroxylation sites is 3. The first kappa shape index (κ1) is 31.9. The Kier molecular flexibility index (Phi) is 6.88. The zero-order valence-corrected chi connectivity index (χ0v) is 31.2. The van der Waals surface area contributed by atoms with E-state index in [9.17, 15) is 0 Å². The summed E-state index contributed by atoms with van der Waals surface area (Å²) < 4.78 is 2.41. The van der Waals surface area contributed by atoms with Gasteiger partial charge in [-0.2, -0.15) is 0 Å². The molecule has 2 nitrogen and oxygen atoms in total. The van der Waals surface area contributed by atoms with E-state index in [1.165, 1.54) is 77.4 Å². The fourth-order valence-electron chi connectivity index (χ4n) is 10.2. The highest BCUT2D eigenvalue weighted by atomic mass is 15.2. The molecule has 0 saturated heterocycles. The molecule has 0 bridgehead atoms. The largest absolute Gasteiger partial charge is 0.309 e. The van der Waals surface area contributed by atoms with E-state index in [4.69, 9.17) is 0 Å². The number of fused-ring (bicyclic) bond motifs is 13. The summed E-state index contributed by atoms with van der Waals surface area (Å²) in [5.74, 6) is 0. The Bertz CT molecular complexity index is 3130. The highest BCUT2D eigenvalue weighted by molar-refractivity contribution is 6.17. The summed E-state index contributed by atoms with van der Waals surface area (Å²) in [6, 6.07) is 80.5. The molecule has 1 spiro atoms. The van der Waals surface area contributed by atoms with E-state index in [0.717, 1.165) is 22.7 Å². The van der Waals surface area contributed by atoms with E-state index >= 15 is 0 Å². The summed E-state index contributed by atoms with van der Waals surface area (Å²) in [5.41, 5.74) is 19.4. The van der Waals surface area contributed by atoms with Crippen molar-refractivity contribution in [3.63, 3.8) is 0 Å². The first-order valence-electron chi connectivity index (χ1n) is 19.8. The number of rotatable bonds is 5. The van der Waals surface area contributed by atoms with Crippen LogP contribution in [0.3, 0.4) is 0 Å². The number of aromatic nitrogens is 1. The lowest BCUT2D eigenvalue weighted by molar-refractivity contribution is 0.793. The fraction of sp³-hybridized carbons (Fsp3) is 0.0182. The number of nitrogens with zero attached hydrogens (tertiary/aromatic N) is 2. The van der Waals surface area contributed by atoms with Crippen LogP contribution in [0.15, 0.2) is 218 Å². The average Bonchev–Trinajstić information content (AvgIpc) is 3.89. The Morgan fingerprint density at radius 1 is 0.351 bits per heavy atom. The van der Waals surface area contributed by atoms with Crippen molar-refractivity contribution in [3.8, 4) is 39.1 Å². The van der Waals surface area contributed by atoms with Crippen LogP contribution in [0.2, 0.25) is 0 Å². The zero-order valence-electron chi connectivity index (χ0n) is 31.2. The molecule has 0 aliphatic heterocycles. The molecule has 0 N–H and O–H groups in total. The summed E-state index contributed by atoms with van der Waals surface area (Å²) in [6.45, 7) is 0. The van der Waals surface area contributed by atoms with Crippen LogP contribution in [-0.2, 0) is 5.41 Å². The molecule has 2 aliphatic carbocycles. The predicted octanol–water partition coefficient (Wildman–Crippen LogP) is 14.3. The van der Waals surface area contributed by atoms with Crippen molar-refractivity contribution >= 4 is 38.9 Å². The maximum absolute atomic E-state index is 2.52. The van der Waals surface area contributed by atoms with Crippen LogP contribution < -0.4 is 4.90 Å². The number of hydrogen-bond donors (Lipinski definition) is 0. The molecule has 0 fully saturated rings. The molecule has 0 saturated carbocycles. The Hall–Kier alpha value is -7.42. The first-order valence-corrected chi connectivity index (χ1v) is 19.8. The second kappa shape index (κ2) is 12.3. The van der Waals surface area contributed by atoms with Gasteiger partial charge in [0.1, 0.15) is 0 Å². The third-order valence-corrected chi connectivity index (χ3v) is 12.4. The second-order valence-corrected chi connectivity index (χ2v) is 15.2.